The highest BCUT2D eigenvalue weighted by atomic mass is 32.1. The van der Waals surface area contributed by atoms with Gasteiger partial charge in [-0.2, -0.15) is 8.78 Å². The number of hydrogen-bond acceptors (Lipinski definition) is 1. The molecule has 0 aliphatic carbocycles. The zero-order valence-electron chi connectivity index (χ0n) is 5.28. The first-order valence-corrected chi connectivity index (χ1v) is 2.96. The van der Waals surface area contributed by atoms with Crippen molar-refractivity contribution in [1.82, 2.24) is 5.32 Å². The van der Waals surface area contributed by atoms with Gasteiger partial charge in [-0.3, -0.25) is 0 Å². The molecule has 3 N–H and O–H groups in total. The molecule has 0 rings (SSSR count). The molecule has 0 radical (unpaired) electrons. The largest absolute Gasteiger partial charge is 0.376 e. The molecule has 0 atom stereocenters. The number of halogens is 4. The Labute approximate surface area is 65.7 Å². The minimum atomic E-state index is -4.08. The summed E-state index contributed by atoms with van der Waals surface area (Å²) in [5.41, 5.74) is 4.74. The van der Waals surface area contributed by atoms with E-state index in [1.807, 2.05) is 0 Å². The normalized spacial score (nSPS) is 11.7. The van der Waals surface area contributed by atoms with Crippen molar-refractivity contribution >= 4 is 17.3 Å². The quantitative estimate of drug-likeness (QED) is 0.508. The highest BCUT2D eigenvalue weighted by Gasteiger charge is 2.40. The topological polar surface area (TPSA) is 38.0 Å². The van der Waals surface area contributed by atoms with Crippen LogP contribution in [-0.2, 0) is 0 Å². The van der Waals surface area contributed by atoms with Gasteiger partial charge >= 0.3 is 12.3 Å². The summed E-state index contributed by atoms with van der Waals surface area (Å²) in [6.07, 6.45) is -3.70. The molecule has 0 unspecified atom stereocenters. The summed E-state index contributed by atoms with van der Waals surface area (Å²) < 4.78 is 46.7. The minimum absolute atomic E-state index is 0.426. The van der Waals surface area contributed by atoms with E-state index >= 15 is 0 Å². The van der Waals surface area contributed by atoms with Gasteiger partial charge in [0.05, 0.1) is 6.54 Å². The third-order valence-electron chi connectivity index (χ3n) is 0.818. The SMILES string of the molecule is NC(=S)NCC(F)(F)C(F)F. The third-order valence-corrected chi connectivity index (χ3v) is 0.962. The highest BCUT2D eigenvalue weighted by Crippen LogP contribution is 2.21. The fourth-order valence-electron chi connectivity index (χ4n) is 0.282. The number of nitrogens with two attached hydrogens (primary N) is 1. The van der Waals surface area contributed by atoms with Crippen molar-refractivity contribution in [2.24, 2.45) is 5.73 Å². The van der Waals surface area contributed by atoms with Gasteiger partial charge in [0.25, 0.3) is 0 Å². The zero-order chi connectivity index (χ0) is 9.07. The zero-order valence-corrected chi connectivity index (χ0v) is 6.10. The Kier molecular flexibility index (Phi) is 3.50. The summed E-state index contributed by atoms with van der Waals surface area (Å²) in [6.45, 7) is -1.24. The number of hydrogen-bond donors (Lipinski definition) is 2. The molecule has 0 bridgehead atoms. The third kappa shape index (κ3) is 3.97. The fraction of sp³-hybridized carbons (Fsp3) is 0.750. The lowest BCUT2D eigenvalue weighted by Gasteiger charge is -2.15. The monoisotopic (exact) mass is 190 g/mol. The van der Waals surface area contributed by atoms with Crippen LogP contribution in [0.5, 0.6) is 0 Å². The molecular weight excluding hydrogens is 184 g/mol. The predicted molar refractivity (Wildman–Crippen MR) is 35.7 cm³/mol. The van der Waals surface area contributed by atoms with Crippen molar-refractivity contribution < 1.29 is 17.6 Å². The fourth-order valence-corrected chi connectivity index (χ4v) is 0.354. The molecule has 0 saturated carbocycles. The maximum absolute atomic E-state index is 12.0. The van der Waals surface area contributed by atoms with Crippen LogP contribution in [0.25, 0.3) is 0 Å². The molecule has 0 heterocycles. The molecule has 11 heavy (non-hydrogen) atoms. The van der Waals surface area contributed by atoms with E-state index in [-0.39, 0.29) is 0 Å². The van der Waals surface area contributed by atoms with Gasteiger partial charge in [0, 0.05) is 0 Å². The van der Waals surface area contributed by atoms with Crippen LogP contribution in [0.1, 0.15) is 0 Å². The average Bonchev–Trinajstić information content (AvgIpc) is 1.84. The van der Waals surface area contributed by atoms with Crippen LogP contribution in [0.15, 0.2) is 0 Å². The molecular formula is C4H6F4N2S. The van der Waals surface area contributed by atoms with Crippen molar-refractivity contribution in [2.75, 3.05) is 6.54 Å². The molecule has 0 aliphatic heterocycles. The van der Waals surface area contributed by atoms with E-state index in [1.54, 1.807) is 5.32 Å². The van der Waals surface area contributed by atoms with Crippen LogP contribution in [-0.4, -0.2) is 24.0 Å². The Morgan fingerprint density at radius 3 is 2.27 bits per heavy atom. The lowest BCUT2D eigenvalue weighted by atomic mass is 10.3. The van der Waals surface area contributed by atoms with Gasteiger partial charge in [0.15, 0.2) is 5.11 Å². The number of rotatable bonds is 3. The molecule has 0 aliphatic rings. The van der Waals surface area contributed by atoms with E-state index in [2.05, 4.69) is 12.2 Å². The Hall–Kier alpha value is -0.590. The lowest BCUT2D eigenvalue weighted by molar-refractivity contribution is -0.122. The van der Waals surface area contributed by atoms with E-state index in [0.717, 1.165) is 0 Å². The van der Waals surface area contributed by atoms with E-state index in [0.29, 0.717) is 0 Å². The van der Waals surface area contributed by atoms with Gasteiger partial charge in [-0.25, -0.2) is 8.78 Å². The van der Waals surface area contributed by atoms with Gasteiger partial charge in [0.1, 0.15) is 0 Å². The molecule has 0 saturated heterocycles. The second kappa shape index (κ2) is 3.70. The van der Waals surface area contributed by atoms with Crippen molar-refractivity contribution in [3.05, 3.63) is 0 Å². The highest BCUT2D eigenvalue weighted by molar-refractivity contribution is 7.80. The first kappa shape index (κ1) is 10.4. The van der Waals surface area contributed by atoms with Crippen LogP contribution in [0.3, 0.4) is 0 Å². The molecule has 66 valence electrons. The summed E-state index contributed by atoms with van der Waals surface area (Å²) >= 11 is 4.14. The van der Waals surface area contributed by atoms with Gasteiger partial charge in [-0.15, -0.1) is 0 Å². The van der Waals surface area contributed by atoms with E-state index in [1.165, 1.54) is 0 Å². The van der Waals surface area contributed by atoms with Crippen LogP contribution in [0.4, 0.5) is 17.6 Å². The molecule has 0 aromatic rings. The molecule has 0 aromatic heterocycles. The lowest BCUT2D eigenvalue weighted by Crippen LogP contribution is -2.43. The first-order chi connectivity index (χ1) is 4.86. The second-order valence-corrected chi connectivity index (χ2v) is 2.22. The van der Waals surface area contributed by atoms with Crippen LogP contribution < -0.4 is 11.1 Å². The number of thiocarbonyl (C=S) groups is 1. The van der Waals surface area contributed by atoms with Gasteiger partial charge in [-0.1, -0.05) is 0 Å². The molecule has 0 spiro atoms. The minimum Gasteiger partial charge on any atom is -0.376 e. The second-order valence-electron chi connectivity index (χ2n) is 1.78. The van der Waals surface area contributed by atoms with Crippen molar-refractivity contribution in [3.8, 4) is 0 Å². The summed E-state index contributed by atoms with van der Waals surface area (Å²) in [5.74, 6) is -4.08. The predicted octanol–water partition coefficient (Wildman–Crippen LogP) is 0.720. The number of alkyl halides is 4. The number of nitrogens with one attached hydrogen (secondary N) is 1. The van der Waals surface area contributed by atoms with Crippen molar-refractivity contribution in [3.63, 3.8) is 0 Å². The van der Waals surface area contributed by atoms with Crippen molar-refractivity contribution in [1.29, 1.82) is 0 Å². The van der Waals surface area contributed by atoms with Gasteiger partial charge in [-0.05, 0) is 12.2 Å². The summed E-state index contributed by atoms with van der Waals surface area (Å²) in [6, 6.07) is 0. The van der Waals surface area contributed by atoms with Crippen LogP contribution in [0.2, 0.25) is 0 Å². The molecule has 0 amide bonds. The standard InChI is InChI=1S/C4H6F4N2S/c5-2(6)4(7,8)1-10-3(9)11/h2H,1H2,(H3,9,10,11). The van der Waals surface area contributed by atoms with E-state index in [4.69, 9.17) is 5.73 Å². The Bertz CT molecular complexity index is 149. The smallest absolute Gasteiger partial charge is 0.324 e. The van der Waals surface area contributed by atoms with Gasteiger partial charge in [0.2, 0.25) is 0 Å². The van der Waals surface area contributed by atoms with Crippen molar-refractivity contribution in [2.45, 2.75) is 12.3 Å². The van der Waals surface area contributed by atoms with E-state index < -0.39 is 24.0 Å². The van der Waals surface area contributed by atoms with Gasteiger partial charge < -0.3 is 11.1 Å². The Balaban J connectivity index is 3.82. The molecule has 0 fully saturated rings. The Morgan fingerprint density at radius 1 is 1.55 bits per heavy atom. The molecule has 7 heteroatoms. The van der Waals surface area contributed by atoms with Crippen LogP contribution in [0, 0.1) is 0 Å². The maximum atomic E-state index is 12.0. The summed E-state index contributed by atoms with van der Waals surface area (Å²) in [7, 11) is 0. The Morgan fingerprint density at radius 2 is 2.00 bits per heavy atom. The van der Waals surface area contributed by atoms with Crippen LogP contribution >= 0.6 is 12.2 Å². The summed E-state index contributed by atoms with van der Waals surface area (Å²) in [4.78, 5) is 0. The van der Waals surface area contributed by atoms with E-state index in [9.17, 15) is 17.6 Å². The first-order valence-electron chi connectivity index (χ1n) is 2.55. The maximum Gasteiger partial charge on any atom is 0.324 e. The molecule has 2 nitrogen and oxygen atoms in total. The average molecular weight is 190 g/mol. The summed E-state index contributed by atoms with van der Waals surface area (Å²) in [5, 5.41) is 1.32. The molecule has 0 aromatic carbocycles.